The molecule has 0 aliphatic carbocycles. The normalized spacial score (nSPS) is 11.9. The predicted molar refractivity (Wildman–Crippen MR) is 169 cm³/mol. The zero-order valence-electron chi connectivity index (χ0n) is 26.0. The number of carbonyl (C=O) groups excluding carboxylic acids is 1. The van der Waals surface area contributed by atoms with Gasteiger partial charge in [0.15, 0.2) is 11.4 Å². The van der Waals surface area contributed by atoms with Crippen LogP contribution in [0.4, 0.5) is 0 Å². The molecule has 3 aromatic heterocycles. The molecule has 224 valence electrons. The number of fused-ring (bicyclic) bond motifs is 2. The molecule has 0 saturated heterocycles. The van der Waals surface area contributed by atoms with Crippen LogP contribution in [0.5, 0.6) is 5.75 Å². The van der Waals surface area contributed by atoms with Crippen LogP contribution in [0.15, 0.2) is 59.7 Å². The van der Waals surface area contributed by atoms with Crippen molar-refractivity contribution in [2.45, 2.75) is 46.1 Å². The first-order valence-corrected chi connectivity index (χ1v) is 14.3. The lowest BCUT2D eigenvalue weighted by Crippen LogP contribution is -2.25. The maximum atomic E-state index is 12.9. The number of aryl methyl sites for hydroxylation is 2. The third kappa shape index (κ3) is 5.90. The van der Waals surface area contributed by atoms with E-state index in [1.54, 1.807) is 49.3 Å². The first kappa shape index (κ1) is 30.0. The van der Waals surface area contributed by atoms with Gasteiger partial charge in [0.2, 0.25) is 0 Å². The van der Waals surface area contributed by atoms with Gasteiger partial charge in [0.1, 0.15) is 12.2 Å². The quantitative estimate of drug-likeness (QED) is 0.157. The average Bonchev–Trinajstić information content (AvgIpc) is 3.18. The van der Waals surface area contributed by atoms with E-state index in [2.05, 4.69) is 37.0 Å². The Bertz CT molecular complexity index is 1900. The first-order chi connectivity index (χ1) is 20.4. The summed E-state index contributed by atoms with van der Waals surface area (Å²) in [7, 11) is 5.22. The third-order valence-electron chi connectivity index (χ3n) is 7.37. The molecule has 0 aliphatic rings. The number of ether oxygens (including phenoxy) is 3. The van der Waals surface area contributed by atoms with E-state index < -0.39 is 11.6 Å². The second-order valence-corrected chi connectivity index (χ2v) is 12.0. The van der Waals surface area contributed by atoms with Crippen LogP contribution >= 0.6 is 0 Å². The fourth-order valence-electron chi connectivity index (χ4n) is 5.27. The summed E-state index contributed by atoms with van der Waals surface area (Å²) >= 11 is 0. The summed E-state index contributed by atoms with van der Waals surface area (Å²) in [5.41, 5.74) is 5.79. The van der Waals surface area contributed by atoms with E-state index in [-0.39, 0.29) is 23.9 Å². The van der Waals surface area contributed by atoms with Crippen molar-refractivity contribution in [3.63, 3.8) is 0 Å². The molecular weight excluding hydrogens is 544 g/mol. The minimum Gasteiger partial charge on any atom is -0.489 e. The third-order valence-corrected chi connectivity index (χ3v) is 7.37. The molecule has 5 aromatic rings. The molecule has 0 unspecified atom stereocenters. The zero-order chi connectivity index (χ0) is 31.1. The number of rotatable bonds is 8. The molecule has 0 bridgehead atoms. The van der Waals surface area contributed by atoms with Crippen molar-refractivity contribution in [2.75, 3.05) is 20.3 Å². The molecule has 9 heteroatoms. The minimum absolute atomic E-state index is 0.0462. The fraction of sp³-hybridized carbons (Fsp3) is 0.353. The molecule has 3 heterocycles. The Kier molecular flexibility index (Phi) is 8.12. The van der Waals surface area contributed by atoms with Crippen molar-refractivity contribution in [1.29, 1.82) is 0 Å². The van der Waals surface area contributed by atoms with E-state index in [1.165, 1.54) is 0 Å². The summed E-state index contributed by atoms with van der Waals surface area (Å²) in [6.07, 6.45) is 3.47. The second kappa shape index (κ2) is 11.6. The van der Waals surface area contributed by atoms with Crippen LogP contribution in [-0.2, 0) is 23.6 Å². The van der Waals surface area contributed by atoms with Gasteiger partial charge in [-0.15, -0.1) is 0 Å². The molecule has 0 N–H and O–H groups in total. The molecule has 0 atom stereocenters. The number of carbonyl (C=O) groups is 1. The first-order valence-electron chi connectivity index (χ1n) is 14.3. The molecular formula is C34H38N4O5. The second-order valence-electron chi connectivity index (χ2n) is 12.0. The molecule has 0 saturated carbocycles. The smallest absolute Gasteiger partial charge is 0.361 e. The molecule has 0 amide bonds. The van der Waals surface area contributed by atoms with Crippen molar-refractivity contribution in [1.82, 2.24) is 19.1 Å². The van der Waals surface area contributed by atoms with Crippen molar-refractivity contribution in [3.8, 4) is 28.1 Å². The van der Waals surface area contributed by atoms with Gasteiger partial charge >= 0.3 is 11.7 Å². The van der Waals surface area contributed by atoms with Crippen LogP contribution in [-0.4, -0.2) is 51.0 Å². The van der Waals surface area contributed by atoms with Gasteiger partial charge in [0, 0.05) is 44.5 Å². The van der Waals surface area contributed by atoms with Crippen LogP contribution in [0.2, 0.25) is 0 Å². The van der Waals surface area contributed by atoms with Gasteiger partial charge in [-0.3, -0.25) is 14.1 Å². The summed E-state index contributed by atoms with van der Waals surface area (Å²) in [5.74, 6) is -0.0229. The maximum absolute atomic E-state index is 12.9. The van der Waals surface area contributed by atoms with Gasteiger partial charge in [-0.2, -0.15) is 0 Å². The summed E-state index contributed by atoms with van der Waals surface area (Å²) in [6, 6.07) is 14.2. The number of benzene rings is 2. The highest BCUT2D eigenvalue weighted by molar-refractivity contribution is 6.00. The van der Waals surface area contributed by atoms with Crippen LogP contribution < -0.4 is 10.4 Å². The SMILES string of the molecule is COCCOc1cc(-c2cc3cccc(-c4cc(C(C)C)c5c(c4)n(C)c(=O)n5C)c3cn2)cnc1C(=O)OC(C)(C)C. The Balaban J connectivity index is 1.59. The highest BCUT2D eigenvalue weighted by Crippen LogP contribution is 2.36. The van der Waals surface area contributed by atoms with Crippen LogP contribution in [0.1, 0.15) is 56.6 Å². The Morgan fingerprint density at radius 3 is 2.42 bits per heavy atom. The van der Waals surface area contributed by atoms with Gasteiger partial charge in [-0.1, -0.05) is 32.0 Å². The van der Waals surface area contributed by atoms with Crippen molar-refractivity contribution in [3.05, 3.63) is 76.6 Å². The van der Waals surface area contributed by atoms with Gasteiger partial charge in [-0.25, -0.2) is 14.6 Å². The number of esters is 1. The van der Waals surface area contributed by atoms with E-state index in [0.29, 0.717) is 23.6 Å². The number of imidazole rings is 1. The monoisotopic (exact) mass is 582 g/mol. The van der Waals surface area contributed by atoms with E-state index in [4.69, 9.17) is 19.2 Å². The molecule has 9 nitrogen and oxygen atoms in total. The summed E-state index contributed by atoms with van der Waals surface area (Å²) < 4.78 is 20.0. The van der Waals surface area contributed by atoms with Crippen molar-refractivity contribution >= 4 is 27.8 Å². The Morgan fingerprint density at radius 1 is 0.953 bits per heavy atom. The van der Waals surface area contributed by atoms with Gasteiger partial charge < -0.3 is 14.2 Å². The van der Waals surface area contributed by atoms with Crippen molar-refractivity contribution < 1.29 is 19.0 Å². The molecule has 5 rings (SSSR count). The predicted octanol–water partition coefficient (Wildman–Crippen LogP) is 6.26. The minimum atomic E-state index is -0.672. The van der Waals surface area contributed by atoms with Crippen LogP contribution in [0.3, 0.4) is 0 Å². The van der Waals surface area contributed by atoms with E-state index in [1.807, 2.05) is 38.5 Å². The largest absolute Gasteiger partial charge is 0.489 e. The molecule has 0 radical (unpaired) electrons. The molecule has 0 spiro atoms. The van der Waals surface area contributed by atoms with Crippen molar-refractivity contribution in [2.24, 2.45) is 14.1 Å². The number of aromatic nitrogens is 4. The summed E-state index contributed by atoms with van der Waals surface area (Å²) in [6.45, 7) is 10.3. The number of hydrogen-bond donors (Lipinski definition) is 0. The zero-order valence-corrected chi connectivity index (χ0v) is 26.0. The van der Waals surface area contributed by atoms with Crippen LogP contribution in [0, 0.1) is 0 Å². The standard InChI is InChI=1S/C34H38N4O5/c1-20(2)25-14-22(16-28-31(25)38(7)33(40)37(28)6)24-11-9-10-21-15-27(35-19-26(21)24)23-17-29(42-13-12-41-8)30(36-18-23)32(39)43-34(3,4)5/h9-11,14-20H,12-13H2,1-8H3. The van der Waals surface area contributed by atoms with E-state index >= 15 is 0 Å². The Labute approximate surface area is 251 Å². The maximum Gasteiger partial charge on any atom is 0.361 e. The summed E-state index contributed by atoms with van der Waals surface area (Å²) in [5, 5.41) is 1.98. The Morgan fingerprint density at radius 2 is 1.72 bits per heavy atom. The Hall–Kier alpha value is -4.50. The van der Waals surface area contributed by atoms with Crippen LogP contribution in [0.25, 0.3) is 44.2 Å². The van der Waals surface area contributed by atoms with Gasteiger partial charge in [0.25, 0.3) is 0 Å². The van der Waals surface area contributed by atoms with Gasteiger partial charge in [-0.05, 0) is 73.0 Å². The highest BCUT2D eigenvalue weighted by Gasteiger charge is 2.24. The number of hydrogen-bond acceptors (Lipinski definition) is 7. The lowest BCUT2D eigenvalue weighted by Gasteiger charge is -2.20. The van der Waals surface area contributed by atoms with Gasteiger partial charge in [0.05, 0.1) is 23.3 Å². The lowest BCUT2D eigenvalue weighted by atomic mass is 9.93. The molecule has 0 aliphatic heterocycles. The average molecular weight is 583 g/mol. The highest BCUT2D eigenvalue weighted by atomic mass is 16.6. The fourth-order valence-corrected chi connectivity index (χ4v) is 5.27. The molecule has 0 fully saturated rings. The van der Waals surface area contributed by atoms with E-state index in [0.717, 1.165) is 38.5 Å². The number of nitrogens with zero attached hydrogens (tertiary/aromatic N) is 4. The lowest BCUT2D eigenvalue weighted by molar-refractivity contribution is 0.00577. The number of methoxy groups -OCH3 is 1. The van der Waals surface area contributed by atoms with E-state index in [9.17, 15) is 9.59 Å². The topological polar surface area (TPSA) is 97.5 Å². The molecule has 43 heavy (non-hydrogen) atoms. The summed E-state index contributed by atoms with van der Waals surface area (Å²) in [4.78, 5) is 34.9. The number of pyridine rings is 2. The molecule has 2 aromatic carbocycles.